The van der Waals surface area contributed by atoms with Gasteiger partial charge in [-0.05, 0) is 48.7 Å². The van der Waals surface area contributed by atoms with E-state index in [1.165, 1.54) is 12.1 Å². The maximum absolute atomic E-state index is 12.7. The van der Waals surface area contributed by atoms with Gasteiger partial charge in [0.1, 0.15) is 6.04 Å². The number of carbonyl (C=O) groups excluding carboxylic acids is 2. The number of nitriles is 1. The molecule has 0 saturated heterocycles. The Morgan fingerprint density at radius 1 is 1.15 bits per heavy atom. The van der Waals surface area contributed by atoms with Crippen LogP contribution in [0.5, 0.6) is 0 Å². The van der Waals surface area contributed by atoms with Crippen LogP contribution in [0.2, 0.25) is 10.0 Å². The van der Waals surface area contributed by atoms with E-state index < -0.39 is 11.9 Å². The van der Waals surface area contributed by atoms with Gasteiger partial charge in [-0.2, -0.15) is 5.26 Å². The quantitative estimate of drug-likeness (QED) is 0.736. The third-order valence-electron chi connectivity index (χ3n) is 3.76. The highest BCUT2D eigenvalue weighted by atomic mass is 35.5. The maximum atomic E-state index is 12.7. The molecule has 0 heterocycles. The molecule has 2 amide bonds. The Hall–Kier alpha value is -2.55. The number of halogens is 2. The molecule has 0 bridgehead atoms. The van der Waals surface area contributed by atoms with Gasteiger partial charge >= 0.3 is 0 Å². The van der Waals surface area contributed by atoms with E-state index in [0.29, 0.717) is 22.7 Å². The first kappa shape index (κ1) is 20.8. The first-order chi connectivity index (χ1) is 12.8. The standard InChI is InChI=1S/C20H19Cl2N3O2/c1-12(2)8-18(20(27)24-15-5-3-4-13(9-15)11-23)25-19(26)16-7-6-14(21)10-17(16)22/h3-7,9-10,12,18H,8H2,1-2H3,(H,24,27)(H,25,26). The van der Waals surface area contributed by atoms with Crippen molar-refractivity contribution in [3.8, 4) is 6.07 Å². The van der Waals surface area contributed by atoms with E-state index in [1.54, 1.807) is 30.3 Å². The summed E-state index contributed by atoms with van der Waals surface area (Å²) in [6.07, 6.45) is 0.445. The van der Waals surface area contributed by atoms with Gasteiger partial charge in [0.05, 0.1) is 22.2 Å². The number of nitrogens with zero attached hydrogens (tertiary/aromatic N) is 1. The molecule has 140 valence electrons. The molecule has 2 aromatic carbocycles. The number of amides is 2. The summed E-state index contributed by atoms with van der Waals surface area (Å²) in [6, 6.07) is 12.4. The second-order valence-corrected chi connectivity index (χ2v) is 7.31. The Labute approximate surface area is 168 Å². The van der Waals surface area contributed by atoms with Crippen LogP contribution in [0.15, 0.2) is 42.5 Å². The molecule has 2 rings (SSSR count). The second kappa shape index (κ2) is 9.40. The van der Waals surface area contributed by atoms with E-state index >= 15 is 0 Å². The summed E-state index contributed by atoms with van der Waals surface area (Å²) in [6.45, 7) is 3.91. The molecule has 0 aromatic heterocycles. The highest BCUT2D eigenvalue weighted by Crippen LogP contribution is 2.21. The number of nitrogens with one attached hydrogen (secondary N) is 2. The van der Waals surface area contributed by atoms with Crippen molar-refractivity contribution in [1.29, 1.82) is 5.26 Å². The lowest BCUT2D eigenvalue weighted by Gasteiger charge is -2.20. The average Bonchev–Trinajstić information content (AvgIpc) is 2.60. The monoisotopic (exact) mass is 403 g/mol. The van der Waals surface area contributed by atoms with Crippen molar-refractivity contribution < 1.29 is 9.59 Å². The molecule has 0 aliphatic carbocycles. The summed E-state index contributed by atoms with van der Waals surface area (Å²) < 4.78 is 0. The van der Waals surface area contributed by atoms with Crippen LogP contribution in [-0.4, -0.2) is 17.9 Å². The summed E-state index contributed by atoms with van der Waals surface area (Å²) in [5.41, 5.74) is 1.17. The molecule has 2 N–H and O–H groups in total. The highest BCUT2D eigenvalue weighted by molar-refractivity contribution is 6.36. The first-order valence-electron chi connectivity index (χ1n) is 8.37. The van der Waals surface area contributed by atoms with Gasteiger partial charge in [0.2, 0.25) is 5.91 Å². The summed E-state index contributed by atoms with van der Waals surface area (Å²) in [4.78, 5) is 25.3. The van der Waals surface area contributed by atoms with Crippen LogP contribution in [0.3, 0.4) is 0 Å². The zero-order valence-electron chi connectivity index (χ0n) is 14.9. The maximum Gasteiger partial charge on any atom is 0.253 e. The Morgan fingerprint density at radius 2 is 1.89 bits per heavy atom. The average molecular weight is 404 g/mol. The van der Waals surface area contributed by atoms with Crippen LogP contribution in [0.4, 0.5) is 5.69 Å². The SMILES string of the molecule is CC(C)CC(NC(=O)c1ccc(Cl)cc1Cl)C(=O)Nc1cccc(C#N)c1. The minimum Gasteiger partial charge on any atom is -0.340 e. The molecule has 7 heteroatoms. The van der Waals surface area contributed by atoms with Crippen LogP contribution in [0.25, 0.3) is 0 Å². The van der Waals surface area contributed by atoms with Crippen LogP contribution >= 0.6 is 23.2 Å². The number of anilines is 1. The molecule has 27 heavy (non-hydrogen) atoms. The number of hydrogen-bond donors (Lipinski definition) is 2. The number of rotatable bonds is 6. The molecule has 0 spiro atoms. The van der Waals surface area contributed by atoms with Crippen LogP contribution < -0.4 is 10.6 Å². The predicted molar refractivity (Wildman–Crippen MR) is 107 cm³/mol. The normalized spacial score (nSPS) is 11.6. The van der Waals surface area contributed by atoms with E-state index in [-0.39, 0.29) is 22.4 Å². The Kier molecular flexibility index (Phi) is 7.23. The predicted octanol–water partition coefficient (Wildman–Crippen LogP) is 4.65. The van der Waals surface area contributed by atoms with Gasteiger partial charge < -0.3 is 10.6 Å². The van der Waals surface area contributed by atoms with Crippen molar-refractivity contribution in [3.05, 3.63) is 63.6 Å². The molecular formula is C20H19Cl2N3O2. The molecule has 5 nitrogen and oxygen atoms in total. The van der Waals surface area contributed by atoms with Gasteiger partial charge in [-0.3, -0.25) is 9.59 Å². The van der Waals surface area contributed by atoms with Gasteiger partial charge in [-0.1, -0.05) is 43.1 Å². The first-order valence-corrected chi connectivity index (χ1v) is 9.12. The fourth-order valence-corrected chi connectivity index (χ4v) is 3.00. The van der Waals surface area contributed by atoms with Crippen molar-refractivity contribution in [2.75, 3.05) is 5.32 Å². The van der Waals surface area contributed by atoms with E-state index in [4.69, 9.17) is 28.5 Å². The van der Waals surface area contributed by atoms with Gasteiger partial charge in [-0.15, -0.1) is 0 Å². The van der Waals surface area contributed by atoms with Crippen molar-refractivity contribution >= 4 is 40.7 Å². The van der Waals surface area contributed by atoms with Gasteiger partial charge in [0, 0.05) is 10.7 Å². The van der Waals surface area contributed by atoms with Gasteiger partial charge in [-0.25, -0.2) is 0 Å². The fraction of sp³-hybridized carbons (Fsp3) is 0.250. The van der Waals surface area contributed by atoms with Gasteiger partial charge in [0.25, 0.3) is 5.91 Å². The Balaban J connectivity index is 2.17. The third-order valence-corrected chi connectivity index (χ3v) is 4.31. The van der Waals surface area contributed by atoms with Gasteiger partial charge in [0.15, 0.2) is 0 Å². The van der Waals surface area contributed by atoms with Crippen molar-refractivity contribution in [1.82, 2.24) is 5.32 Å². The number of benzene rings is 2. The molecule has 0 fully saturated rings. The summed E-state index contributed by atoms with van der Waals surface area (Å²) in [5.74, 6) is -0.646. The number of hydrogen-bond acceptors (Lipinski definition) is 3. The van der Waals surface area contributed by atoms with E-state index in [9.17, 15) is 9.59 Å². The minimum absolute atomic E-state index is 0.173. The molecule has 0 saturated carbocycles. The lowest BCUT2D eigenvalue weighted by Crippen LogP contribution is -2.44. The largest absolute Gasteiger partial charge is 0.340 e. The Bertz CT molecular complexity index is 891. The molecular weight excluding hydrogens is 385 g/mol. The minimum atomic E-state index is -0.755. The molecule has 1 atom stereocenters. The van der Waals surface area contributed by atoms with Crippen LogP contribution in [-0.2, 0) is 4.79 Å². The zero-order valence-corrected chi connectivity index (χ0v) is 16.4. The van der Waals surface area contributed by atoms with Crippen molar-refractivity contribution in [2.45, 2.75) is 26.3 Å². The number of carbonyl (C=O) groups is 2. The highest BCUT2D eigenvalue weighted by Gasteiger charge is 2.23. The van der Waals surface area contributed by atoms with E-state index in [2.05, 4.69) is 10.6 Å². The molecule has 0 radical (unpaired) electrons. The fourth-order valence-electron chi connectivity index (χ4n) is 2.51. The van der Waals surface area contributed by atoms with E-state index in [1.807, 2.05) is 19.9 Å². The smallest absolute Gasteiger partial charge is 0.253 e. The summed E-state index contributed by atoms with van der Waals surface area (Å²) in [7, 11) is 0. The van der Waals surface area contributed by atoms with E-state index in [0.717, 1.165) is 0 Å². The lowest BCUT2D eigenvalue weighted by molar-refractivity contribution is -0.118. The van der Waals surface area contributed by atoms with Crippen molar-refractivity contribution in [2.24, 2.45) is 5.92 Å². The lowest BCUT2D eigenvalue weighted by atomic mass is 10.0. The second-order valence-electron chi connectivity index (χ2n) is 6.46. The van der Waals surface area contributed by atoms with Crippen LogP contribution in [0, 0.1) is 17.2 Å². The van der Waals surface area contributed by atoms with Crippen molar-refractivity contribution in [3.63, 3.8) is 0 Å². The summed E-state index contributed by atoms with van der Waals surface area (Å²) >= 11 is 11.9. The molecule has 0 aliphatic heterocycles. The summed E-state index contributed by atoms with van der Waals surface area (Å²) in [5, 5.41) is 15.1. The Morgan fingerprint density at radius 3 is 2.52 bits per heavy atom. The third kappa shape index (κ3) is 5.99. The molecule has 0 aliphatic rings. The zero-order chi connectivity index (χ0) is 20.0. The molecule has 2 aromatic rings. The van der Waals surface area contributed by atoms with Crippen LogP contribution in [0.1, 0.15) is 36.2 Å². The molecule has 1 unspecified atom stereocenters. The topological polar surface area (TPSA) is 82.0 Å².